The molecule has 7 nitrogen and oxygen atoms in total. The molecule has 0 saturated carbocycles. The third kappa shape index (κ3) is 5.58. The predicted octanol–water partition coefficient (Wildman–Crippen LogP) is 1.74. The maximum Gasteiger partial charge on any atom is 0.451 e. The first-order valence-electron chi connectivity index (χ1n) is 9.20. The molecule has 0 bridgehead atoms. The van der Waals surface area contributed by atoms with Gasteiger partial charge in [0.25, 0.3) is 0 Å². The van der Waals surface area contributed by atoms with E-state index in [0.29, 0.717) is 44.6 Å². The number of carboxylic acid groups (broad SMARTS) is 1. The van der Waals surface area contributed by atoms with E-state index in [1.807, 2.05) is 4.90 Å². The van der Waals surface area contributed by atoms with E-state index >= 15 is 0 Å². The maximum atomic E-state index is 12.6. The number of rotatable bonds is 8. The van der Waals surface area contributed by atoms with Gasteiger partial charge >= 0.3 is 19.3 Å². The number of anilines is 1. The Bertz CT molecular complexity index is 652. The Morgan fingerprint density at radius 3 is 2.36 bits per heavy atom. The van der Waals surface area contributed by atoms with Crippen molar-refractivity contribution < 1.29 is 33.1 Å². The number of alkyl halides is 3. The second-order valence-corrected chi connectivity index (χ2v) is 7.24. The number of hydrogen-bond acceptors (Lipinski definition) is 6. The lowest BCUT2D eigenvalue weighted by Crippen LogP contribution is -2.57. The second kappa shape index (κ2) is 9.10. The van der Waals surface area contributed by atoms with Gasteiger partial charge < -0.3 is 25.8 Å². The number of unbranched alkanes of at least 4 members (excludes halogenated alkanes) is 1. The third-order valence-corrected chi connectivity index (χ3v) is 5.32. The van der Waals surface area contributed by atoms with Crippen LogP contribution in [0.1, 0.15) is 37.7 Å². The number of aliphatic carboxylic acids is 1. The number of halogens is 3. The van der Waals surface area contributed by atoms with Crippen LogP contribution in [0.3, 0.4) is 0 Å². The Balaban J connectivity index is 1.95. The highest BCUT2D eigenvalue weighted by atomic mass is 19.4. The van der Waals surface area contributed by atoms with Gasteiger partial charge in [-0.3, -0.25) is 4.79 Å². The van der Waals surface area contributed by atoms with Crippen molar-refractivity contribution in [1.82, 2.24) is 4.98 Å². The summed E-state index contributed by atoms with van der Waals surface area (Å²) < 4.78 is 37.9. The van der Waals surface area contributed by atoms with Gasteiger partial charge in [0, 0.05) is 19.3 Å². The molecule has 1 aliphatic heterocycles. The summed E-state index contributed by atoms with van der Waals surface area (Å²) >= 11 is 0. The highest BCUT2D eigenvalue weighted by Gasteiger charge is 2.43. The van der Waals surface area contributed by atoms with Crippen molar-refractivity contribution in [3.8, 4) is 0 Å². The second-order valence-electron chi connectivity index (χ2n) is 7.24. The van der Waals surface area contributed by atoms with Gasteiger partial charge in [-0.15, -0.1) is 0 Å². The molecule has 1 atom stereocenters. The van der Waals surface area contributed by atoms with E-state index in [1.54, 1.807) is 0 Å². The molecule has 1 saturated heterocycles. The molecule has 1 aromatic rings. The van der Waals surface area contributed by atoms with Crippen molar-refractivity contribution in [2.24, 2.45) is 11.7 Å². The Hall–Kier alpha value is -1.85. The summed E-state index contributed by atoms with van der Waals surface area (Å²) in [5.41, 5.74) is 3.97. The molecule has 11 heteroatoms. The zero-order chi connectivity index (χ0) is 20.9. The smallest absolute Gasteiger partial charge is 0.451 e. The monoisotopic (exact) mass is 403 g/mol. The van der Waals surface area contributed by atoms with Gasteiger partial charge in [0.1, 0.15) is 11.4 Å². The molecule has 28 heavy (non-hydrogen) atoms. The number of carboxylic acids is 1. The largest absolute Gasteiger partial charge is 0.480 e. The van der Waals surface area contributed by atoms with E-state index in [9.17, 15) is 23.1 Å². The lowest BCUT2D eigenvalue weighted by molar-refractivity contribution is -0.146. The number of carbonyl (C=O) groups is 1. The first-order valence-corrected chi connectivity index (χ1v) is 9.20. The molecule has 0 aliphatic carbocycles. The summed E-state index contributed by atoms with van der Waals surface area (Å²) in [6, 6.07) is 2.30. The van der Waals surface area contributed by atoms with Gasteiger partial charge in [0.2, 0.25) is 0 Å². The SMILES string of the molecule is NC(CCCCB(O)O)(C(=O)O)C1CCN(c2ccc(C(F)(F)F)cn2)CC1. The van der Waals surface area contributed by atoms with E-state index in [4.69, 9.17) is 15.8 Å². The molecule has 0 aromatic carbocycles. The summed E-state index contributed by atoms with van der Waals surface area (Å²) in [7, 11) is -1.42. The van der Waals surface area contributed by atoms with Crippen LogP contribution < -0.4 is 10.6 Å². The molecular weight excluding hydrogens is 378 g/mol. The van der Waals surface area contributed by atoms with Crippen LogP contribution in [-0.4, -0.2) is 51.9 Å². The van der Waals surface area contributed by atoms with Crippen LogP contribution in [0.15, 0.2) is 18.3 Å². The Kier molecular flexibility index (Phi) is 7.30. The molecule has 1 aliphatic rings. The lowest BCUT2D eigenvalue weighted by Gasteiger charge is -2.40. The van der Waals surface area contributed by atoms with Crippen LogP contribution in [0, 0.1) is 5.92 Å². The summed E-state index contributed by atoms with van der Waals surface area (Å²) in [6.07, 6.45) is -1.39. The Morgan fingerprint density at radius 1 is 1.25 bits per heavy atom. The van der Waals surface area contributed by atoms with Crippen molar-refractivity contribution in [1.29, 1.82) is 0 Å². The predicted molar refractivity (Wildman–Crippen MR) is 97.6 cm³/mol. The average Bonchev–Trinajstić information content (AvgIpc) is 2.64. The standard InChI is InChI=1S/C17H25BF3N3O4/c19-17(20,21)13-3-4-14(23-11-13)24-9-5-12(6-10-24)16(22,15(25)26)7-1-2-8-18(27)28/h3-4,11-12,27-28H,1-2,5-10,22H2,(H,25,26). The van der Waals surface area contributed by atoms with Gasteiger partial charge in [-0.1, -0.05) is 12.8 Å². The molecule has 2 rings (SSSR count). The number of hydrogen-bond donors (Lipinski definition) is 4. The van der Waals surface area contributed by atoms with Crippen LogP contribution in [0.5, 0.6) is 0 Å². The van der Waals surface area contributed by atoms with Crippen molar-refractivity contribution in [2.75, 3.05) is 18.0 Å². The van der Waals surface area contributed by atoms with Gasteiger partial charge in [0.05, 0.1) is 5.56 Å². The molecule has 2 heterocycles. The van der Waals surface area contributed by atoms with Crippen LogP contribution in [0.2, 0.25) is 6.32 Å². The zero-order valence-electron chi connectivity index (χ0n) is 15.4. The molecule has 5 N–H and O–H groups in total. The lowest BCUT2D eigenvalue weighted by atomic mass is 9.74. The van der Waals surface area contributed by atoms with Gasteiger partial charge in [-0.25, -0.2) is 4.98 Å². The first-order chi connectivity index (χ1) is 13.0. The molecule has 0 amide bonds. The third-order valence-electron chi connectivity index (χ3n) is 5.32. The van der Waals surface area contributed by atoms with Crippen molar-refractivity contribution >= 4 is 18.9 Å². The molecule has 156 valence electrons. The molecule has 1 aromatic heterocycles. The van der Waals surface area contributed by atoms with E-state index in [0.717, 1.165) is 12.3 Å². The zero-order valence-corrected chi connectivity index (χ0v) is 15.4. The van der Waals surface area contributed by atoms with Crippen LogP contribution in [0.25, 0.3) is 0 Å². The molecular formula is C17H25BF3N3O4. The van der Waals surface area contributed by atoms with Gasteiger partial charge in [0.15, 0.2) is 0 Å². The van der Waals surface area contributed by atoms with Crippen molar-refractivity contribution in [3.05, 3.63) is 23.9 Å². The minimum absolute atomic E-state index is 0.160. The minimum atomic E-state index is -4.44. The summed E-state index contributed by atoms with van der Waals surface area (Å²) in [6.45, 7) is 0.898. The molecule has 0 spiro atoms. The summed E-state index contributed by atoms with van der Waals surface area (Å²) in [5.74, 6) is -0.959. The number of piperidine rings is 1. The number of nitrogens with zero attached hydrogens (tertiary/aromatic N) is 2. The highest BCUT2D eigenvalue weighted by molar-refractivity contribution is 6.40. The minimum Gasteiger partial charge on any atom is -0.480 e. The topological polar surface area (TPSA) is 120 Å². The van der Waals surface area contributed by atoms with Crippen molar-refractivity contribution in [3.63, 3.8) is 0 Å². The van der Waals surface area contributed by atoms with E-state index in [2.05, 4.69) is 4.98 Å². The van der Waals surface area contributed by atoms with Crippen LogP contribution in [-0.2, 0) is 11.0 Å². The van der Waals surface area contributed by atoms with Gasteiger partial charge in [-0.05, 0) is 43.6 Å². The summed E-state index contributed by atoms with van der Waals surface area (Å²) in [5, 5.41) is 27.4. The van der Waals surface area contributed by atoms with E-state index < -0.39 is 30.4 Å². The Morgan fingerprint density at radius 2 is 1.89 bits per heavy atom. The number of aromatic nitrogens is 1. The fourth-order valence-corrected chi connectivity index (χ4v) is 3.59. The average molecular weight is 403 g/mol. The number of pyridine rings is 1. The molecule has 1 fully saturated rings. The normalized spacial score (nSPS) is 18.0. The Labute approximate surface area is 161 Å². The summed E-state index contributed by atoms with van der Waals surface area (Å²) in [4.78, 5) is 17.5. The maximum absolute atomic E-state index is 12.6. The first kappa shape index (κ1) is 22.4. The quantitative estimate of drug-likeness (QED) is 0.386. The molecule has 1 unspecified atom stereocenters. The van der Waals surface area contributed by atoms with Crippen LogP contribution >= 0.6 is 0 Å². The van der Waals surface area contributed by atoms with E-state index in [-0.39, 0.29) is 18.7 Å². The van der Waals surface area contributed by atoms with Gasteiger partial charge in [-0.2, -0.15) is 13.2 Å². The highest BCUT2D eigenvalue weighted by Crippen LogP contribution is 2.34. The fraction of sp³-hybridized carbons (Fsp3) is 0.647. The van der Waals surface area contributed by atoms with Crippen molar-refractivity contribution in [2.45, 2.75) is 50.1 Å². The fourth-order valence-electron chi connectivity index (χ4n) is 3.59. The van der Waals surface area contributed by atoms with E-state index in [1.165, 1.54) is 6.07 Å². The van der Waals surface area contributed by atoms with Crippen LogP contribution in [0.4, 0.5) is 19.0 Å². The molecule has 0 radical (unpaired) electrons. The number of nitrogens with two attached hydrogens (primary N) is 1.